The Bertz CT molecular complexity index is 651. The molecule has 22 heavy (non-hydrogen) atoms. The van der Waals surface area contributed by atoms with Crippen LogP contribution in [0.4, 0.5) is 5.69 Å². The van der Waals surface area contributed by atoms with Crippen molar-refractivity contribution in [3.8, 4) is 0 Å². The topological polar surface area (TPSA) is 6.48 Å². The number of rotatable bonds is 3. The summed E-state index contributed by atoms with van der Waals surface area (Å²) >= 11 is 5.55. The van der Waals surface area contributed by atoms with E-state index in [9.17, 15) is 0 Å². The molecule has 4 heteroatoms. The number of benzene rings is 2. The van der Waals surface area contributed by atoms with Crippen LogP contribution in [0.3, 0.4) is 0 Å². The second-order valence-corrected chi connectivity index (χ2v) is 7.72. The summed E-state index contributed by atoms with van der Waals surface area (Å²) < 4.78 is 3.66. The summed E-state index contributed by atoms with van der Waals surface area (Å²) in [6.45, 7) is 8.66. The third kappa shape index (κ3) is 3.67. The van der Waals surface area contributed by atoms with Gasteiger partial charge in [-0.3, -0.25) is 0 Å². The Morgan fingerprint density at radius 2 is 1.68 bits per heavy atom. The molecule has 2 aromatic carbocycles. The molecule has 0 aromatic heterocycles. The Labute approximate surface area is 145 Å². The highest BCUT2D eigenvalue weighted by molar-refractivity contribution is 9.10. The zero-order valence-electron chi connectivity index (χ0n) is 13.1. The Morgan fingerprint density at radius 1 is 0.955 bits per heavy atom. The van der Waals surface area contributed by atoms with E-state index in [1.54, 1.807) is 0 Å². The van der Waals surface area contributed by atoms with Crippen LogP contribution in [0.15, 0.2) is 51.8 Å². The van der Waals surface area contributed by atoms with Crippen LogP contribution < -0.4 is 4.90 Å². The average Bonchev–Trinajstić information content (AvgIpc) is 2.51. The van der Waals surface area contributed by atoms with E-state index in [0.29, 0.717) is 0 Å². The summed E-state index contributed by atoms with van der Waals surface area (Å²) in [6.07, 6.45) is 0. The highest BCUT2D eigenvalue weighted by Crippen LogP contribution is 2.30. The number of hydrogen-bond acceptors (Lipinski definition) is 3. The minimum Gasteiger partial charge on any atom is -0.368 e. The van der Waals surface area contributed by atoms with Crippen LogP contribution in [0.25, 0.3) is 0 Å². The highest BCUT2D eigenvalue weighted by Gasteiger charge is 2.19. The van der Waals surface area contributed by atoms with Crippen LogP contribution in [0, 0.1) is 13.8 Å². The van der Waals surface area contributed by atoms with Crippen LogP contribution in [0.5, 0.6) is 0 Å². The lowest BCUT2D eigenvalue weighted by Gasteiger charge is -2.36. The molecule has 1 heterocycles. The van der Waals surface area contributed by atoms with E-state index in [0.717, 1.165) is 26.2 Å². The van der Waals surface area contributed by atoms with Crippen molar-refractivity contribution >= 4 is 33.6 Å². The molecule has 1 fully saturated rings. The van der Waals surface area contributed by atoms with Gasteiger partial charge in [-0.25, -0.2) is 4.31 Å². The summed E-state index contributed by atoms with van der Waals surface area (Å²) in [4.78, 5) is 3.84. The maximum atomic E-state index is 3.66. The van der Waals surface area contributed by atoms with Gasteiger partial charge in [0.2, 0.25) is 0 Å². The summed E-state index contributed by atoms with van der Waals surface area (Å²) in [5, 5.41) is 0. The van der Waals surface area contributed by atoms with Gasteiger partial charge < -0.3 is 4.90 Å². The molecule has 2 nitrogen and oxygen atoms in total. The van der Waals surface area contributed by atoms with Crippen LogP contribution in [-0.4, -0.2) is 30.5 Å². The lowest BCUT2D eigenvalue weighted by atomic mass is 10.2. The Balaban J connectivity index is 1.61. The van der Waals surface area contributed by atoms with Gasteiger partial charge in [-0.15, -0.1) is 0 Å². The molecule has 2 aromatic rings. The Hall–Kier alpha value is -0.970. The molecule has 0 unspecified atom stereocenters. The van der Waals surface area contributed by atoms with Crippen LogP contribution >= 0.6 is 27.9 Å². The highest BCUT2D eigenvalue weighted by atomic mass is 79.9. The summed E-state index contributed by atoms with van der Waals surface area (Å²) in [5.41, 5.74) is 4.01. The van der Waals surface area contributed by atoms with Crippen LogP contribution in [-0.2, 0) is 0 Å². The van der Waals surface area contributed by atoms with E-state index >= 15 is 0 Å². The fourth-order valence-electron chi connectivity index (χ4n) is 2.77. The second-order valence-electron chi connectivity index (χ2n) is 5.73. The third-order valence-electron chi connectivity index (χ3n) is 3.99. The minimum atomic E-state index is 1.07. The fraction of sp³-hybridized carbons (Fsp3) is 0.333. The minimum absolute atomic E-state index is 1.07. The molecule has 0 aliphatic carbocycles. The van der Waals surface area contributed by atoms with Crippen LogP contribution in [0.1, 0.15) is 11.1 Å². The zero-order chi connectivity index (χ0) is 15.5. The molecule has 1 aliphatic heterocycles. The predicted molar refractivity (Wildman–Crippen MR) is 99.7 cm³/mol. The predicted octanol–water partition coefficient (Wildman–Crippen LogP) is 4.90. The number of nitrogens with zero attached hydrogens (tertiary/aromatic N) is 2. The fourth-order valence-corrected chi connectivity index (χ4v) is 4.26. The van der Waals surface area contributed by atoms with Gasteiger partial charge in [0.15, 0.2) is 0 Å². The molecule has 0 saturated carbocycles. The first kappa shape index (κ1) is 15.9. The molecule has 1 saturated heterocycles. The summed E-state index contributed by atoms with van der Waals surface area (Å²) in [6, 6.07) is 15.2. The second kappa shape index (κ2) is 7.07. The largest absolute Gasteiger partial charge is 0.368 e. The van der Waals surface area contributed by atoms with Crippen molar-refractivity contribution < 1.29 is 0 Å². The number of anilines is 1. The number of halogens is 1. The van der Waals surface area contributed by atoms with Crippen molar-refractivity contribution in [2.45, 2.75) is 18.7 Å². The molecular weight excluding hydrogens is 356 g/mol. The molecule has 0 radical (unpaired) electrons. The average molecular weight is 377 g/mol. The van der Waals surface area contributed by atoms with E-state index < -0.39 is 0 Å². The molecule has 116 valence electrons. The standard InChI is InChI=1S/C18H21BrN2S/c1-14-7-8-18(15(2)13-14)22-21-11-9-20(10-12-21)17-6-4-3-5-16(17)19/h3-8,13H,9-12H2,1-2H3. The van der Waals surface area contributed by atoms with Crippen molar-refractivity contribution in [3.63, 3.8) is 0 Å². The maximum absolute atomic E-state index is 3.66. The van der Waals surface area contributed by atoms with Gasteiger partial charge in [0.1, 0.15) is 0 Å². The molecule has 1 aliphatic rings. The van der Waals surface area contributed by atoms with Gasteiger partial charge in [0.25, 0.3) is 0 Å². The zero-order valence-corrected chi connectivity index (χ0v) is 15.5. The van der Waals surface area contributed by atoms with Gasteiger partial charge in [-0.1, -0.05) is 29.8 Å². The molecule has 0 bridgehead atoms. The van der Waals surface area contributed by atoms with E-state index in [2.05, 4.69) is 81.4 Å². The van der Waals surface area contributed by atoms with E-state index in [1.807, 2.05) is 11.9 Å². The lowest BCUT2D eigenvalue weighted by Crippen LogP contribution is -2.43. The molecule has 0 amide bonds. The van der Waals surface area contributed by atoms with E-state index in [1.165, 1.54) is 26.2 Å². The number of para-hydroxylation sites is 1. The Kier molecular flexibility index (Phi) is 5.11. The van der Waals surface area contributed by atoms with Crippen molar-refractivity contribution in [1.82, 2.24) is 4.31 Å². The Morgan fingerprint density at radius 3 is 2.36 bits per heavy atom. The molecule has 0 atom stereocenters. The third-order valence-corrected chi connectivity index (χ3v) is 5.94. The normalized spacial score (nSPS) is 16.0. The number of aryl methyl sites for hydroxylation is 2. The lowest BCUT2D eigenvalue weighted by molar-refractivity contribution is 0.429. The number of hydrogen-bond donors (Lipinski definition) is 0. The first-order valence-electron chi connectivity index (χ1n) is 7.63. The molecule has 0 N–H and O–H groups in total. The molecule has 0 spiro atoms. The van der Waals surface area contributed by atoms with Crippen LogP contribution in [0.2, 0.25) is 0 Å². The van der Waals surface area contributed by atoms with Crippen molar-refractivity contribution in [2.75, 3.05) is 31.1 Å². The molecular formula is C18H21BrN2S. The van der Waals surface area contributed by atoms with Gasteiger partial charge in [-0.05, 0) is 65.5 Å². The SMILES string of the molecule is Cc1ccc(SN2CCN(c3ccccc3Br)CC2)c(C)c1. The van der Waals surface area contributed by atoms with Gasteiger partial charge in [0, 0.05) is 35.5 Å². The number of piperazine rings is 1. The smallest absolute Gasteiger partial charge is 0.0511 e. The van der Waals surface area contributed by atoms with Gasteiger partial charge in [0.05, 0.1) is 5.69 Å². The van der Waals surface area contributed by atoms with Crippen molar-refractivity contribution in [2.24, 2.45) is 0 Å². The maximum Gasteiger partial charge on any atom is 0.0511 e. The first-order valence-corrected chi connectivity index (χ1v) is 9.20. The molecule has 3 rings (SSSR count). The van der Waals surface area contributed by atoms with Gasteiger partial charge >= 0.3 is 0 Å². The quantitative estimate of drug-likeness (QED) is 0.703. The summed E-state index contributed by atoms with van der Waals surface area (Å²) in [7, 11) is 0. The summed E-state index contributed by atoms with van der Waals surface area (Å²) in [5.74, 6) is 0. The monoisotopic (exact) mass is 376 g/mol. The van der Waals surface area contributed by atoms with Crippen molar-refractivity contribution in [1.29, 1.82) is 0 Å². The van der Waals surface area contributed by atoms with E-state index in [-0.39, 0.29) is 0 Å². The first-order chi connectivity index (χ1) is 10.6. The van der Waals surface area contributed by atoms with Gasteiger partial charge in [-0.2, -0.15) is 0 Å². The van der Waals surface area contributed by atoms with Crippen molar-refractivity contribution in [3.05, 3.63) is 58.1 Å². The van der Waals surface area contributed by atoms with E-state index in [4.69, 9.17) is 0 Å².